The van der Waals surface area contributed by atoms with Crippen molar-refractivity contribution in [3.8, 4) is 0 Å². The monoisotopic (exact) mass is 264 g/mol. The summed E-state index contributed by atoms with van der Waals surface area (Å²) in [4.78, 5) is 22.8. The van der Waals surface area contributed by atoms with Crippen LogP contribution in [-0.4, -0.2) is 20.9 Å². The Morgan fingerprint density at radius 2 is 2.28 bits per heavy atom. The van der Waals surface area contributed by atoms with E-state index in [0.29, 0.717) is 12.4 Å². The molecule has 0 aromatic carbocycles. The van der Waals surface area contributed by atoms with Crippen LogP contribution in [0.25, 0.3) is 0 Å². The molecule has 0 aliphatic rings. The minimum atomic E-state index is -0.217. The average molecular weight is 264 g/mol. The van der Waals surface area contributed by atoms with Gasteiger partial charge in [0.15, 0.2) is 5.82 Å². The largest absolute Gasteiger partial charge is 0.344 e. The van der Waals surface area contributed by atoms with Gasteiger partial charge in [0, 0.05) is 23.2 Å². The van der Waals surface area contributed by atoms with E-state index in [0.717, 1.165) is 10.7 Å². The van der Waals surface area contributed by atoms with E-state index in [1.807, 2.05) is 5.38 Å². The molecule has 2 rings (SSSR count). The number of hydrogen-bond acceptors (Lipinski definition) is 4. The minimum Gasteiger partial charge on any atom is -0.344 e. The van der Waals surface area contributed by atoms with E-state index in [2.05, 4.69) is 41.0 Å². The van der Waals surface area contributed by atoms with Gasteiger partial charge in [-0.3, -0.25) is 4.79 Å². The van der Waals surface area contributed by atoms with Crippen LogP contribution in [0, 0.1) is 0 Å². The predicted molar refractivity (Wildman–Crippen MR) is 70.6 cm³/mol. The van der Waals surface area contributed by atoms with Crippen molar-refractivity contribution in [3.63, 3.8) is 0 Å². The first-order valence-electron chi connectivity index (χ1n) is 5.69. The van der Waals surface area contributed by atoms with Crippen molar-refractivity contribution in [3.05, 3.63) is 34.3 Å². The zero-order valence-corrected chi connectivity index (χ0v) is 11.5. The molecule has 0 saturated heterocycles. The van der Waals surface area contributed by atoms with Crippen molar-refractivity contribution in [2.24, 2.45) is 0 Å². The van der Waals surface area contributed by atoms with Crippen molar-refractivity contribution in [1.82, 2.24) is 20.3 Å². The highest BCUT2D eigenvalue weighted by molar-refractivity contribution is 7.09. The summed E-state index contributed by atoms with van der Waals surface area (Å²) >= 11 is 1.62. The summed E-state index contributed by atoms with van der Waals surface area (Å²) in [6, 6.07) is 0. The fraction of sp³-hybridized carbons (Fsp3) is 0.417. The Bertz CT molecular complexity index is 525. The maximum Gasteiger partial charge on any atom is 0.287 e. The van der Waals surface area contributed by atoms with Crippen molar-refractivity contribution in [1.29, 1.82) is 0 Å². The Morgan fingerprint density at radius 1 is 1.50 bits per heavy atom. The number of amides is 1. The van der Waals surface area contributed by atoms with E-state index in [9.17, 15) is 4.79 Å². The highest BCUT2D eigenvalue weighted by atomic mass is 32.1. The third-order valence-corrected chi connectivity index (χ3v) is 3.65. The second-order valence-corrected chi connectivity index (χ2v) is 5.87. The van der Waals surface area contributed by atoms with Gasteiger partial charge in [-0.2, -0.15) is 0 Å². The van der Waals surface area contributed by atoms with Gasteiger partial charge in [0.2, 0.25) is 0 Å². The van der Waals surface area contributed by atoms with E-state index in [4.69, 9.17) is 0 Å². The van der Waals surface area contributed by atoms with Crippen LogP contribution in [0.3, 0.4) is 0 Å². The molecule has 96 valence electrons. The summed E-state index contributed by atoms with van der Waals surface area (Å²) < 4.78 is 0. The molecule has 2 aromatic rings. The summed E-state index contributed by atoms with van der Waals surface area (Å²) in [6.45, 7) is 6.79. The number of H-pyrrole nitrogens is 1. The van der Waals surface area contributed by atoms with Gasteiger partial charge in [-0.1, -0.05) is 20.8 Å². The highest BCUT2D eigenvalue weighted by Crippen LogP contribution is 2.25. The molecule has 0 aliphatic heterocycles. The van der Waals surface area contributed by atoms with E-state index in [1.165, 1.54) is 0 Å². The van der Waals surface area contributed by atoms with Gasteiger partial charge in [0.05, 0.1) is 17.2 Å². The Kier molecular flexibility index (Phi) is 3.47. The molecule has 0 saturated carbocycles. The van der Waals surface area contributed by atoms with Crippen LogP contribution in [0.15, 0.2) is 17.8 Å². The van der Waals surface area contributed by atoms with Gasteiger partial charge in [-0.25, -0.2) is 9.97 Å². The maximum atomic E-state index is 11.7. The third-order valence-electron chi connectivity index (χ3n) is 2.34. The Balaban J connectivity index is 1.95. The zero-order chi connectivity index (χ0) is 13.2. The standard InChI is InChI=1S/C12H16N4OS/c1-12(2,3)11-16-8(7-18-11)6-15-10(17)9-13-4-5-14-9/h4-5,7H,6H2,1-3H3,(H,13,14)(H,15,17). The fourth-order valence-electron chi connectivity index (χ4n) is 1.38. The second-order valence-electron chi connectivity index (χ2n) is 5.01. The fourth-order valence-corrected chi connectivity index (χ4v) is 2.28. The van der Waals surface area contributed by atoms with Gasteiger partial charge in [0.1, 0.15) is 0 Å². The van der Waals surface area contributed by atoms with Crippen LogP contribution in [-0.2, 0) is 12.0 Å². The summed E-state index contributed by atoms with van der Waals surface area (Å²) in [6.07, 6.45) is 3.17. The van der Waals surface area contributed by atoms with E-state index in [-0.39, 0.29) is 11.3 Å². The summed E-state index contributed by atoms with van der Waals surface area (Å²) in [5, 5.41) is 5.83. The lowest BCUT2D eigenvalue weighted by molar-refractivity contribution is 0.0941. The number of aromatic nitrogens is 3. The molecule has 0 fully saturated rings. The molecule has 0 bridgehead atoms. The summed E-state index contributed by atoms with van der Waals surface area (Å²) in [5.41, 5.74) is 0.929. The molecule has 18 heavy (non-hydrogen) atoms. The quantitative estimate of drug-likeness (QED) is 0.891. The maximum absolute atomic E-state index is 11.7. The number of aromatic amines is 1. The zero-order valence-electron chi connectivity index (χ0n) is 10.7. The van der Waals surface area contributed by atoms with E-state index in [1.54, 1.807) is 23.7 Å². The second kappa shape index (κ2) is 4.89. The van der Waals surface area contributed by atoms with Crippen LogP contribution >= 0.6 is 11.3 Å². The minimum absolute atomic E-state index is 0.0495. The first kappa shape index (κ1) is 12.8. The van der Waals surface area contributed by atoms with Crippen LogP contribution in [0.1, 0.15) is 42.1 Å². The average Bonchev–Trinajstić information content (AvgIpc) is 2.96. The first-order chi connectivity index (χ1) is 8.47. The lowest BCUT2D eigenvalue weighted by Gasteiger charge is -2.13. The molecule has 2 heterocycles. The van der Waals surface area contributed by atoms with Crippen LogP contribution in [0.4, 0.5) is 0 Å². The van der Waals surface area contributed by atoms with Crippen LogP contribution in [0.2, 0.25) is 0 Å². The first-order valence-corrected chi connectivity index (χ1v) is 6.57. The van der Waals surface area contributed by atoms with Gasteiger partial charge >= 0.3 is 0 Å². The normalized spacial score (nSPS) is 11.5. The van der Waals surface area contributed by atoms with Crippen molar-refractivity contribution in [2.45, 2.75) is 32.7 Å². The number of rotatable bonds is 3. The van der Waals surface area contributed by atoms with Crippen LogP contribution < -0.4 is 5.32 Å². The number of nitrogens with zero attached hydrogens (tertiary/aromatic N) is 2. The molecule has 0 spiro atoms. The summed E-state index contributed by atoms with van der Waals surface area (Å²) in [7, 11) is 0. The Hall–Kier alpha value is -1.69. The SMILES string of the molecule is CC(C)(C)c1nc(CNC(=O)c2ncc[nH]2)cs1. The van der Waals surface area contributed by atoms with Gasteiger partial charge in [-0.15, -0.1) is 11.3 Å². The number of imidazole rings is 1. The van der Waals surface area contributed by atoms with E-state index >= 15 is 0 Å². The van der Waals surface area contributed by atoms with Crippen molar-refractivity contribution >= 4 is 17.2 Å². The molecular formula is C12H16N4OS. The lowest BCUT2D eigenvalue weighted by Crippen LogP contribution is -2.24. The number of hydrogen-bond donors (Lipinski definition) is 2. The third kappa shape index (κ3) is 2.95. The molecule has 2 N–H and O–H groups in total. The molecule has 0 radical (unpaired) electrons. The molecule has 1 amide bonds. The Labute approximate surface area is 110 Å². The summed E-state index contributed by atoms with van der Waals surface area (Å²) in [5.74, 6) is 0.103. The number of carbonyl (C=O) groups is 1. The number of carbonyl (C=O) groups excluding carboxylic acids is 1. The smallest absolute Gasteiger partial charge is 0.287 e. The van der Waals surface area contributed by atoms with E-state index < -0.39 is 0 Å². The topological polar surface area (TPSA) is 70.7 Å². The highest BCUT2D eigenvalue weighted by Gasteiger charge is 2.18. The number of nitrogens with one attached hydrogen (secondary N) is 2. The molecule has 5 nitrogen and oxygen atoms in total. The molecule has 0 atom stereocenters. The molecular weight excluding hydrogens is 248 g/mol. The van der Waals surface area contributed by atoms with Gasteiger partial charge in [-0.05, 0) is 0 Å². The van der Waals surface area contributed by atoms with Gasteiger partial charge < -0.3 is 10.3 Å². The van der Waals surface area contributed by atoms with Crippen molar-refractivity contribution in [2.75, 3.05) is 0 Å². The van der Waals surface area contributed by atoms with Gasteiger partial charge in [0.25, 0.3) is 5.91 Å². The lowest BCUT2D eigenvalue weighted by atomic mass is 9.98. The molecule has 0 aliphatic carbocycles. The van der Waals surface area contributed by atoms with Crippen molar-refractivity contribution < 1.29 is 4.79 Å². The molecule has 0 unspecified atom stereocenters. The molecule has 6 heteroatoms. The van der Waals surface area contributed by atoms with Crippen LogP contribution in [0.5, 0.6) is 0 Å². The molecule has 2 aromatic heterocycles. The Morgan fingerprint density at radius 3 is 2.83 bits per heavy atom. The predicted octanol–water partition coefficient (Wildman–Crippen LogP) is 2.09. The number of thiazole rings is 1.